The zero-order valence-corrected chi connectivity index (χ0v) is 24.1. The molecule has 0 saturated heterocycles. The van der Waals surface area contributed by atoms with E-state index in [4.69, 9.17) is 27.9 Å². The van der Waals surface area contributed by atoms with Crippen molar-refractivity contribution < 1.29 is 14.3 Å². The van der Waals surface area contributed by atoms with Crippen LogP contribution in [0, 0.1) is 0 Å². The van der Waals surface area contributed by atoms with Gasteiger partial charge in [-0.3, -0.25) is 14.5 Å². The van der Waals surface area contributed by atoms with Crippen LogP contribution in [-0.2, 0) is 27.2 Å². The Labute approximate surface area is 230 Å². The van der Waals surface area contributed by atoms with E-state index in [0.29, 0.717) is 0 Å². The molecule has 177 valence electrons. The molecule has 0 aliphatic rings. The number of hydrogen-bond acceptors (Lipinski definition) is 3. The molecule has 2 aromatic carbocycles. The molecule has 1 radical (unpaired) electrons. The van der Waals surface area contributed by atoms with Crippen LogP contribution >= 0.6 is 23.2 Å². The van der Waals surface area contributed by atoms with Gasteiger partial charge in [-0.2, -0.15) is 0 Å². The molecule has 2 aromatic rings. The quantitative estimate of drug-likeness (QED) is 0.266. The summed E-state index contributed by atoms with van der Waals surface area (Å²) in [7, 11) is 1.58. The van der Waals surface area contributed by atoms with Crippen LogP contribution in [0.5, 0.6) is 0 Å². The van der Waals surface area contributed by atoms with Gasteiger partial charge in [0.15, 0.2) is 0 Å². The average molecular weight is 504 g/mol. The van der Waals surface area contributed by atoms with Crippen LogP contribution in [0.1, 0.15) is 38.8 Å². The number of rotatable bonds is 9. The fourth-order valence-corrected chi connectivity index (χ4v) is 3.68. The molecule has 0 aliphatic carbocycles. The van der Waals surface area contributed by atoms with Crippen LogP contribution < -0.4 is 9.80 Å². The Bertz CT molecular complexity index is 829. The van der Waals surface area contributed by atoms with Gasteiger partial charge in [-0.05, 0) is 49.9 Å². The van der Waals surface area contributed by atoms with E-state index in [2.05, 4.69) is 13.8 Å². The number of carbonyl (C=O) groups is 2. The minimum absolute atomic E-state index is 0. The van der Waals surface area contributed by atoms with Crippen molar-refractivity contribution in [3.63, 3.8) is 0 Å². The van der Waals surface area contributed by atoms with Crippen LogP contribution in [0.15, 0.2) is 48.5 Å². The second kappa shape index (κ2) is 17.4. The van der Waals surface area contributed by atoms with E-state index in [9.17, 15) is 9.59 Å². The first-order valence-corrected chi connectivity index (χ1v) is 11.8. The van der Waals surface area contributed by atoms with Gasteiger partial charge in [0.1, 0.15) is 18.5 Å². The summed E-state index contributed by atoms with van der Waals surface area (Å²) in [6, 6.07) is 15.8. The molecule has 0 heterocycles. The number of carbonyl (C=O) groups excluding carboxylic acids is 2. The Morgan fingerprint density at radius 2 is 1.39 bits per heavy atom. The zero-order chi connectivity index (χ0) is 24.1. The fraction of sp³-hybridized carbons (Fsp3) is 0.440. The van der Waals surface area contributed by atoms with Gasteiger partial charge < -0.3 is 9.64 Å². The molecule has 0 atom stereocenters. The normalized spacial score (nSPS) is 10.1. The number of hydrogen-bond donors (Lipinski definition) is 0. The molecule has 0 bridgehead atoms. The molecule has 0 unspecified atom stereocenters. The van der Waals surface area contributed by atoms with E-state index in [0.717, 1.165) is 35.3 Å². The molecular formula is C25H34Cl2N2NaO3. The molecule has 5 nitrogen and oxygen atoms in total. The third-order valence-electron chi connectivity index (χ3n) is 4.84. The number of amides is 2. The molecule has 0 spiro atoms. The van der Waals surface area contributed by atoms with E-state index in [1.54, 1.807) is 16.9 Å². The minimum atomic E-state index is -0.130. The van der Waals surface area contributed by atoms with E-state index in [1.165, 1.54) is 0 Å². The SMILES string of the molecule is CC(C)N(C(=O)CCl)c1ccccc1.CCc1cccc(CC)c1N(COC)C(=O)CCl.[Na]. The summed E-state index contributed by atoms with van der Waals surface area (Å²) in [5.41, 5.74) is 4.14. The number of methoxy groups -OCH3 is 1. The van der Waals surface area contributed by atoms with Crippen molar-refractivity contribution in [1.82, 2.24) is 0 Å². The van der Waals surface area contributed by atoms with Crippen molar-refractivity contribution in [2.75, 3.05) is 35.4 Å². The molecule has 0 N–H and O–H groups in total. The van der Waals surface area contributed by atoms with Gasteiger partial charge in [0.25, 0.3) is 0 Å². The van der Waals surface area contributed by atoms with Gasteiger partial charge in [-0.25, -0.2) is 0 Å². The third-order valence-corrected chi connectivity index (χ3v) is 5.30. The van der Waals surface area contributed by atoms with Crippen molar-refractivity contribution in [2.45, 2.75) is 46.6 Å². The van der Waals surface area contributed by atoms with Gasteiger partial charge in [-0.1, -0.05) is 50.2 Å². The third kappa shape index (κ3) is 9.59. The Kier molecular flexibility index (Phi) is 16.8. The molecule has 0 saturated carbocycles. The van der Waals surface area contributed by atoms with Gasteiger partial charge in [0, 0.05) is 48.4 Å². The van der Waals surface area contributed by atoms with Gasteiger partial charge in [0.2, 0.25) is 11.8 Å². The molecule has 33 heavy (non-hydrogen) atoms. The van der Waals surface area contributed by atoms with Crippen LogP contribution in [0.25, 0.3) is 0 Å². The predicted molar refractivity (Wildman–Crippen MR) is 141 cm³/mol. The number of benzene rings is 2. The molecule has 2 rings (SSSR count). The summed E-state index contributed by atoms with van der Waals surface area (Å²) in [6.07, 6.45) is 1.75. The van der Waals surface area contributed by atoms with E-state index in [1.807, 2.05) is 62.4 Å². The standard InChI is InChI=1S/C14H20ClNO2.C11H14ClNO.Na/c1-4-11-7-6-8-12(5-2)14(11)16(10-18-3)13(17)9-15;1-9(2)13(11(14)8-12)10-6-4-3-5-7-10;/h6-8H,4-5,9-10H2,1-3H3;3-7,9H,8H2,1-2H3;. The molecular weight excluding hydrogens is 470 g/mol. The second-order valence-corrected chi connectivity index (χ2v) is 7.87. The number of anilines is 2. The van der Waals surface area contributed by atoms with E-state index < -0.39 is 0 Å². The summed E-state index contributed by atoms with van der Waals surface area (Å²) < 4.78 is 5.13. The molecule has 8 heteroatoms. The number of ether oxygens (including phenoxy) is 1. The van der Waals surface area contributed by atoms with Crippen LogP contribution in [-0.4, -0.2) is 73.0 Å². The maximum Gasteiger partial charge on any atom is 0.243 e. The Morgan fingerprint density at radius 3 is 1.79 bits per heavy atom. The van der Waals surface area contributed by atoms with Crippen LogP contribution in [0.4, 0.5) is 11.4 Å². The Balaban J connectivity index is 0.000000620. The van der Waals surface area contributed by atoms with E-state index >= 15 is 0 Å². The average Bonchev–Trinajstić information content (AvgIpc) is 2.82. The second-order valence-electron chi connectivity index (χ2n) is 7.33. The van der Waals surface area contributed by atoms with E-state index in [-0.39, 0.29) is 65.9 Å². The maximum absolute atomic E-state index is 12.0. The Morgan fingerprint density at radius 1 is 0.879 bits per heavy atom. The van der Waals surface area contributed by atoms with Crippen molar-refractivity contribution >= 4 is 75.9 Å². The molecule has 0 aliphatic heterocycles. The molecule has 2 amide bonds. The minimum Gasteiger partial charge on any atom is -0.364 e. The van der Waals surface area contributed by atoms with Gasteiger partial charge in [-0.15, -0.1) is 23.2 Å². The fourth-order valence-electron chi connectivity index (χ4n) is 3.41. The first-order chi connectivity index (χ1) is 15.4. The number of halogens is 2. The predicted octanol–water partition coefficient (Wildman–Crippen LogP) is 5.27. The smallest absolute Gasteiger partial charge is 0.243 e. The van der Waals surface area contributed by atoms with Crippen LogP contribution in [0.2, 0.25) is 0 Å². The number of alkyl halides is 2. The van der Waals surface area contributed by atoms with Gasteiger partial charge >= 0.3 is 0 Å². The van der Waals surface area contributed by atoms with Crippen molar-refractivity contribution in [3.8, 4) is 0 Å². The summed E-state index contributed by atoms with van der Waals surface area (Å²) >= 11 is 11.2. The van der Waals surface area contributed by atoms with Crippen molar-refractivity contribution in [3.05, 3.63) is 59.7 Å². The Hall–Kier alpha value is -1.08. The number of nitrogens with zero attached hydrogens (tertiary/aromatic N) is 2. The maximum atomic E-state index is 12.0. The van der Waals surface area contributed by atoms with Crippen molar-refractivity contribution in [2.24, 2.45) is 0 Å². The van der Waals surface area contributed by atoms with Crippen molar-refractivity contribution in [1.29, 1.82) is 0 Å². The summed E-state index contributed by atoms with van der Waals surface area (Å²) in [6.45, 7) is 8.33. The largest absolute Gasteiger partial charge is 0.364 e. The number of aryl methyl sites for hydroxylation is 2. The zero-order valence-electron chi connectivity index (χ0n) is 20.6. The topological polar surface area (TPSA) is 49.9 Å². The van der Waals surface area contributed by atoms with Crippen LogP contribution in [0.3, 0.4) is 0 Å². The number of para-hydroxylation sites is 2. The summed E-state index contributed by atoms with van der Waals surface area (Å²) in [4.78, 5) is 26.8. The first kappa shape index (κ1) is 31.9. The monoisotopic (exact) mass is 503 g/mol. The van der Waals surface area contributed by atoms with Gasteiger partial charge in [0.05, 0.1) is 5.69 Å². The summed E-state index contributed by atoms with van der Waals surface area (Å²) in [5, 5.41) is 0. The summed E-state index contributed by atoms with van der Waals surface area (Å²) in [5.74, 6) is -0.209. The molecule has 0 fully saturated rings. The first-order valence-electron chi connectivity index (χ1n) is 10.7. The molecule has 0 aromatic heterocycles.